The fraction of sp³-hybridized carbons (Fsp3) is 0.222. The molecular formula is C27H27N3O2S. The minimum atomic E-state index is -0.0591. The van der Waals surface area contributed by atoms with E-state index in [0.29, 0.717) is 5.75 Å². The fourth-order valence-electron chi connectivity index (χ4n) is 4.26. The van der Waals surface area contributed by atoms with Crippen molar-refractivity contribution in [1.29, 1.82) is 0 Å². The number of fused-ring (bicyclic) bond motifs is 1. The van der Waals surface area contributed by atoms with E-state index >= 15 is 0 Å². The third kappa shape index (κ3) is 5.42. The number of benzene rings is 3. The van der Waals surface area contributed by atoms with Crippen molar-refractivity contribution in [3.63, 3.8) is 0 Å². The molecule has 6 heteroatoms. The molecule has 0 spiro atoms. The molecule has 4 aromatic rings. The summed E-state index contributed by atoms with van der Waals surface area (Å²) in [6.07, 6.45) is 0. The maximum absolute atomic E-state index is 12.8. The summed E-state index contributed by atoms with van der Waals surface area (Å²) in [4.78, 5) is 18.4. The maximum Gasteiger partial charge on any atom is 0.265 e. The standard InChI is InChI=1S/C27H27N3O2S/c31-24-10-8-20(9-11-24)18-29-12-14-30(15-13-29)19-21-4-3-6-23(16-21)28-27(32)26-17-22-5-1-2-7-25(22)33-26/h1-11,16-17,31H,12-15,18-19H2,(H,28,32). The van der Waals surface area contributed by atoms with Crippen molar-refractivity contribution < 1.29 is 9.90 Å². The number of carbonyl (C=O) groups excluding carboxylic acids is 1. The second kappa shape index (κ2) is 9.75. The Morgan fingerprint density at radius 3 is 2.24 bits per heavy atom. The lowest BCUT2D eigenvalue weighted by atomic mass is 10.1. The zero-order chi connectivity index (χ0) is 22.6. The number of phenolic OH excluding ortho intramolecular Hbond substituents is 1. The van der Waals surface area contributed by atoms with Crippen LogP contribution in [-0.4, -0.2) is 47.0 Å². The first kappa shape index (κ1) is 21.6. The highest BCUT2D eigenvalue weighted by atomic mass is 32.1. The summed E-state index contributed by atoms with van der Waals surface area (Å²) >= 11 is 1.52. The molecule has 0 bridgehead atoms. The van der Waals surface area contributed by atoms with Crippen LogP contribution in [0.3, 0.4) is 0 Å². The lowest BCUT2D eigenvalue weighted by molar-refractivity contribution is 0.103. The number of anilines is 1. The number of aromatic hydroxyl groups is 1. The molecule has 33 heavy (non-hydrogen) atoms. The Kier molecular flexibility index (Phi) is 6.39. The van der Waals surface area contributed by atoms with E-state index in [1.165, 1.54) is 22.5 Å². The van der Waals surface area contributed by atoms with Crippen LogP contribution in [0, 0.1) is 0 Å². The third-order valence-corrected chi connectivity index (χ3v) is 7.16. The van der Waals surface area contributed by atoms with Crippen molar-refractivity contribution in [2.75, 3.05) is 31.5 Å². The van der Waals surface area contributed by atoms with Crippen molar-refractivity contribution in [1.82, 2.24) is 9.80 Å². The van der Waals surface area contributed by atoms with E-state index in [2.05, 4.69) is 27.2 Å². The first-order valence-electron chi connectivity index (χ1n) is 11.2. The predicted octanol–water partition coefficient (Wildman–Crippen LogP) is 5.18. The summed E-state index contributed by atoms with van der Waals surface area (Å²) in [6.45, 7) is 5.84. The van der Waals surface area contributed by atoms with Gasteiger partial charge in [-0.3, -0.25) is 14.6 Å². The van der Waals surface area contributed by atoms with Crippen molar-refractivity contribution >= 4 is 33.0 Å². The second-order valence-electron chi connectivity index (χ2n) is 8.52. The summed E-state index contributed by atoms with van der Waals surface area (Å²) < 4.78 is 1.13. The molecule has 2 N–H and O–H groups in total. The molecule has 1 aliphatic heterocycles. The van der Waals surface area contributed by atoms with Gasteiger partial charge in [0.1, 0.15) is 5.75 Å². The van der Waals surface area contributed by atoms with Gasteiger partial charge in [0.05, 0.1) is 4.88 Å². The Balaban J connectivity index is 1.15. The van der Waals surface area contributed by atoms with E-state index in [4.69, 9.17) is 0 Å². The molecule has 168 valence electrons. The number of nitrogens with one attached hydrogen (secondary N) is 1. The predicted molar refractivity (Wildman–Crippen MR) is 135 cm³/mol. The summed E-state index contributed by atoms with van der Waals surface area (Å²) in [5, 5.41) is 13.6. The van der Waals surface area contributed by atoms with Crippen LogP contribution in [-0.2, 0) is 13.1 Å². The second-order valence-corrected chi connectivity index (χ2v) is 9.61. The third-order valence-electron chi connectivity index (χ3n) is 6.05. The topological polar surface area (TPSA) is 55.8 Å². The van der Waals surface area contributed by atoms with Crippen LogP contribution in [0.1, 0.15) is 20.8 Å². The van der Waals surface area contributed by atoms with Gasteiger partial charge in [-0.2, -0.15) is 0 Å². The van der Waals surface area contributed by atoms with E-state index in [9.17, 15) is 9.90 Å². The molecule has 2 heterocycles. The van der Waals surface area contributed by atoms with Gasteiger partial charge in [0.25, 0.3) is 5.91 Å². The molecule has 1 amide bonds. The first-order valence-corrected chi connectivity index (χ1v) is 12.1. The molecule has 3 aromatic carbocycles. The van der Waals surface area contributed by atoms with E-state index in [-0.39, 0.29) is 5.91 Å². The van der Waals surface area contributed by atoms with Crippen molar-refractivity contribution in [3.8, 4) is 5.75 Å². The molecule has 0 saturated carbocycles. The van der Waals surface area contributed by atoms with Crippen molar-refractivity contribution in [3.05, 3.63) is 94.9 Å². The molecule has 1 aliphatic rings. The molecule has 0 radical (unpaired) electrons. The molecule has 0 unspecified atom stereocenters. The van der Waals surface area contributed by atoms with Gasteiger partial charge in [-0.25, -0.2) is 0 Å². The van der Waals surface area contributed by atoms with Gasteiger partial charge in [0, 0.05) is 49.7 Å². The zero-order valence-electron chi connectivity index (χ0n) is 18.4. The van der Waals surface area contributed by atoms with E-state index < -0.39 is 0 Å². The lowest BCUT2D eigenvalue weighted by Crippen LogP contribution is -2.45. The van der Waals surface area contributed by atoms with Gasteiger partial charge in [-0.15, -0.1) is 11.3 Å². The summed E-state index contributed by atoms with van der Waals surface area (Å²) in [5.41, 5.74) is 3.26. The molecule has 0 atom stereocenters. The van der Waals surface area contributed by atoms with Gasteiger partial charge in [0.15, 0.2) is 0 Å². The van der Waals surface area contributed by atoms with Gasteiger partial charge in [-0.1, -0.05) is 42.5 Å². The van der Waals surface area contributed by atoms with Crippen LogP contribution in [0.2, 0.25) is 0 Å². The number of hydrogen-bond acceptors (Lipinski definition) is 5. The molecule has 5 nitrogen and oxygen atoms in total. The molecular weight excluding hydrogens is 430 g/mol. The van der Waals surface area contributed by atoms with Crippen molar-refractivity contribution in [2.45, 2.75) is 13.1 Å². The fourth-order valence-corrected chi connectivity index (χ4v) is 5.22. The number of phenols is 1. The van der Waals surface area contributed by atoms with Gasteiger partial charge < -0.3 is 10.4 Å². The van der Waals surface area contributed by atoms with E-state index in [1.807, 2.05) is 54.6 Å². The van der Waals surface area contributed by atoms with Crippen molar-refractivity contribution in [2.24, 2.45) is 0 Å². The minimum Gasteiger partial charge on any atom is -0.508 e. The minimum absolute atomic E-state index is 0.0591. The Bertz CT molecular complexity index is 1210. The number of amides is 1. The Morgan fingerprint density at radius 2 is 1.52 bits per heavy atom. The SMILES string of the molecule is O=C(Nc1cccc(CN2CCN(Cc3ccc(O)cc3)CC2)c1)c1cc2ccccc2s1. The normalized spacial score (nSPS) is 15.0. The number of nitrogens with zero attached hydrogens (tertiary/aromatic N) is 2. The monoisotopic (exact) mass is 457 g/mol. The number of hydrogen-bond donors (Lipinski definition) is 2. The molecule has 1 fully saturated rings. The highest BCUT2D eigenvalue weighted by Crippen LogP contribution is 2.26. The molecule has 0 aliphatic carbocycles. The largest absolute Gasteiger partial charge is 0.508 e. The highest BCUT2D eigenvalue weighted by Gasteiger charge is 2.17. The molecule has 5 rings (SSSR count). The Hall–Kier alpha value is -3.19. The Labute approximate surface area is 197 Å². The Morgan fingerprint density at radius 1 is 0.818 bits per heavy atom. The van der Waals surface area contributed by atoms with Crippen LogP contribution in [0.25, 0.3) is 10.1 Å². The number of piperazine rings is 1. The number of thiophene rings is 1. The van der Waals surface area contributed by atoms with E-state index in [1.54, 1.807) is 12.1 Å². The number of carbonyl (C=O) groups is 1. The first-order chi connectivity index (χ1) is 16.1. The van der Waals surface area contributed by atoms with Gasteiger partial charge in [-0.05, 0) is 52.9 Å². The average Bonchev–Trinajstić information content (AvgIpc) is 3.27. The van der Waals surface area contributed by atoms with Crippen LogP contribution in [0.5, 0.6) is 5.75 Å². The van der Waals surface area contributed by atoms with Crippen LogP contribution < -0.4 is 5.32 Å². The van der Waals surface area contributed by atoms with Crippen LogP contribution in [0.15, 0.2) is 78.9 Å². The summed E-state index contributed by atoms with van der Waals surface area (Å²) in [5.74, 6) is 0.252. The van der Waals surface area contributed by atoms with Crippen LogP contribution in [0.4, 0.5) is 5.69 Å². The maximum atomic E-state index is 12.8. The lowest BCUT2D eigenvalue weighted by Gasteiger charge is -2.34. The molecule has 1 aromatic heterocycles. The zero-order valence-corrected chi connectivity index (χ0v) is 19.2. The highest BCUT2D eigenvalue weighted by molar-refractivity contribution is 7.20. The van der Waals surface area contributed by atoms with Gasteiger partial charge >= 0.3 is 0 Å². The summed E-state index contributed by atoms with van der Waals surface area (Å²) in [7, 11) is 0. The van der Waals surface area contributed by atoms with Crippen LogP contribution >= 0.6 is 11.3 Å². The van der Waals surface area contributed by atoms with Gasteiger partial charge in [0.2, 0.25) is 0 Å². The molecule has 1 saturated heterocycles. The quantitative estimate of drug-likeness (QED) is 0.419. The average molecular weight is 458 g/mol. The smallest absolute Gasteiger partial charge is 0.265 e. The summed E-state index contributed by atoms with van der Waals surface area (Å²) in [6, 6.07) is 25.7. The number of rotatable bonds is 6. The van der Waals surface area contributed by atoms with E-state index in [0.717, 1.165) is 59.9 Å².